The predicted molar refractivity (Wildman–Crippen MR) is 63.2 cm³/mol. The van der Waals surface area contributed by atoms with E-state index in [9.17, 15) is 4.79 Å². The number of ether oxygens (including phenoxy) is 2. The van der Waals surface area contributed by atoms with Gasteiger partial charge in [-0.2, -0.15) is 9.71 Å². The van der Waals surface area contributed by atoms with Crippen molar-refractivity contribution in [1.82, 2.24) is 5.01 Å². The number of carbonyl (C=O) groups is 1. The Morgan fingerprint density at radius 2 is 2.12 bits per heavy atom. The van der Waals surface area contributed by atoms with Crippen LogP contribution in [0.5, 0.6) is 0 Å². The van der Waals surface area contributed by atoms with E-state index in [2.05, 4.69) is 10.1 Å². The molecule has 17 heavy (non-hydrogen) atoms. The maximum absolute atomic E-state index is 11.7. The minimum atomic E-state index is -0.678. The Morgan fingerprint density at radius 1 is 1.53 bits per heavy atom. The number of nitrogens with zero attached hydrogens (tertiary/aromatic N) is 4. The van der Waals surface area contributed by atoms with Gasteiger partial charge in [-0.3, -0.25) is 0 Å². The highest BCUT2D eigenvalue weighted by molar-refractivity contribution is 5.68. The Labute approximate surface area is 101 Å². The van der Waals surface area contributed by atoms with E-state index in [0.717, 1.165) is 5.01 Å². The minimum Gasteiger partial charge on any atom is -0.425 e. The molecule has 0 saturated carbocycles. The van der Waals surface area contributed by atoms with Gasteiger partial charge in [0.1, 0.15) is 11.6 Å². The van der Waals surface area contributed by atoms with Gasteiger partial charge in [-0.1, -0.05) is 0 Å². The molecule has 0 aromatic rings. The molecule has 0 saturated heterocycles. The average molecular weight is 244 g/mol. The third-order valence-corrected chi connectivity index (χ3v) is 1.70. The Hall–Kier alpha value is -1.46. The van der Waals surface area contributed by atoms with Crippen molar-refractivity contribution < 1.29 is 14.3 Å². The van der Waals surface area contributed by atoms with Crippen molar-refractivity contribution in [3.63, 3.8) is 0 Å². The molecule has 0 aromatic carbocycles. The van der Waals surface area contributed by atoms with Crippen LogP contribution >= 0.6 is 0 Å². The summed E-state index contributed by atoms with van der Waals surface area (Å²) >= 11 is 0. The fourth-order valence-corrected chi connectivity index (χ4v) is 1.02. The number of hydrogen-bond donors (Lipinski definition) is 0. The lowest BCUT2D eigenvalue weighted by Crippen LogP contribution is -2.40. The van der Waals surface area contributed by atoms with Crippen molar-refractivity contribution in [2.75, 3.05) is 13.2 Å². The summed E-state index contributed by atoms with van der Waals surface area (Å²) in [6, 6.07) is -0.374. The van der Waals surface area contributed by atoms with Crippen LogP contribution in [0.4, 0.5) is 4.79 Å². The molecule has 0 aliphatic carbocycles. The summed E-state index contributed by atoms with van der Waals surface area (Å²) in [5, 5.41) is 4.27. The minimum absolute atomic E-state index is 0.286. The van der Waals surface area contributed by atoms with Gasteiger partial charge in [0.2, 0.25) is 0 Å². The van der Waals surface area contributed by atoms with E-state index in [4.69, 9.17) is 15.0 Å². The maximum atomic E-state index is 11.7. The van der Waals surface area contributed by atoms with Crippen LogP contribution in [-0.2, 0) is 9.47 Å². The number of carbonyl (C=O) groups excluding carboxylic acids is 1. The molecule has 0 aliphatic rings. The Morgan fingerprint density at radius 3 is 2.53 bits per heavy atom. The second-order valence-electron chi connectivity index (χ2n) is 4.51. The maximum Gasteiger partial charge on any atom is 0.511 e. The molecule has 0 spiro atoms. The second-order valence-corrected chi connectivity index (χ2v) is 4.51. The van der Waals surface area contributed by atoms with E-state index >= 15 is 0 Å². The van der Waals surface area contributed by atoms with Crippen LogP contribution in [0, 0.1) is 0 Å². The molecule has 0 fully saturated rings. The third kappa shape index (κ3) is 6.65. The zero-order valence-electron chi connectivity index (χ0n) is 11.0. The molecule has 0 N–H and O–H groups in total. The van der Waals surface area contributed by atoms with Gasteiger partial charge in [0.15, 0.2) is 0 Å². The van der Waals surface area contributed by atoms with Gasteiger partial charge >= 0.3 is 6.09 Å². The van der Waals surface area contributed by atoms with E-state index < -0.39 is 11.7 Å². The summed E-state index contributed by atoms with van der Waals surface area (Å²) in [5.41, 5.74) is 7.79. The highest BCUT2D eigenvalue weighted by Gasteiger charge is 2.29. The van der Waals surface area contributed by atoms with Crippen LogP contribution in [0.25, 0.3) is 10.4 Å². The number of azide groups is 1. The lowest BCUT2D eigenvalue weighted by Gasteiger charge is -2.23. The standard InChI is InChI=1S/C10H20N4O3/c1-6-16-7-8(2)14(13-12-11)9(15)17-10(3,4)5/h8H,6-7H2,1-5H3/t8-/m1/s1. The molecule has 7 nitrogen and oxygen atoms in total. The molecule has 0 radical (unpaired) electrons. The third-order valence-electron chi connectivity index (χ3n) is 1.70. The molecule has 7 heteroatoms. The van der Waals surface area contributed by atoms with E-state index in [1.54, 1.807) is 27.7 Å². The summed E-state index contributed by atoms with van der Waals surface area (Å²) in [4.78, 5) is 14.3. The average Bonchev–Trinajstić information content (AvgIpc) is 2.19. The van der Waals surface area contributed by atoms with Gasteiger partial charge in [-0.05, 0) is 39.8 Å². The van der Waals surface area contributed by atoms with Crippen LogP contribution in [0.15, 0.2) is 5.22 Å². The Kier molecular flexibility index (Phi) is 6.38. The number of amides is 1. The SMILES string of the molecule is CCOC[C@@H](C)N(N=[N+]=[N-])C(=O)OC(C)(C)C. The van der Waals surface area contributed by atoms with Crippen LogP contribution in [0.3, 0.4) is 0 Å². The van der Waals surface area contributed by atoms with E-state index in [1.165, 1.54) is 0 Å². The molecular formula is C10H20N4O3. The van der Waals surface area contributed by atoms with Gasteiger partial charge in [-0.15, -0.1) is 10.5 Å². The van der Waals surface area contributed by atoms with Crippen molar-refractivity contribution in [2.24, 2.45) is 5.22 Å². The van der Waals surface area contributed by atoms with Gasteiger partial charge in [0.25, 0.3) is 0 Å². The van der Waals surface area contributed by atoms with Crippen molar-refractivity contribution in [1.29, 1.82) is 0 Å². The van der Waals surface area contributed by atoms with E-state index in [-0.39, 0.29) is 12.6 Å². The smallest absolute Gasteiger partial charge is 0.425 e. The van der Waals surface area contributed by atoms with Gasteiger partial charge in [0.05, 0.1) is 6.61 Å². The van der Waals surface area contributed by atoms with E-state index in [1.807, 2.05) is 6.92 Å². The molecule has 0 heterocycles. The molecule has 0 aromatic heterocycles. The molecule has 0 unspecified atom stereocenters. The number of rotatable bonds is 5. The first kappa shape index (κ1) is 15.5. The number of hydrogen-bond acceptors (Lipinski definition) is 4. The summed E-state index contributed by atoms with van der Waals surface area (Å²) in [5.74, 6) is 0. The zero-order valence-corrected chi connectivity index (χ0v) is 11.0. The predicted octanol–water partition coefficient (Wildman–Crippen LogP) is 2.87. The van der Waals surface area contributed by atoms with Crippen LogP contribution < -0.4 is 0 Å². The summed E-state index contributed by atoms with van der Waals surface area (Å²) in [7, 11) is 0. The summed E-state index contributed by atoms with van der Waals surface area (Å²) in [6.45, 7) is 9.61. The molecular weight excluding hydrogens is 224 g/mol. The molecule has 1 amide bonds. The molecule has 0 rings (SSSR count). The van der Waals surface area contributed by atoms with E-state index in [0.29, 0.717) is 6.61 Å². The lowest BCUT2D eigenvalue weighted by molar-refractivity contribution is 0.00494. The molecule has 0 bridgehead atoms. The lowest BCUT2D eigenvalue weighted by atomic mass is 10.2. The quantitative estimate of drug-likeness (QED) is 0.322. The molecule has 98 valence electrons. The fraction of sp³-hybridized carbons (Fsp3) is 0.900. The Balaban J connectivity index is 4.61. The first-order valence-corrected chi connectivity index (χ1v) is 5.46. The monoisotopic (exact) mass is 244 g/mol. The topological polar surface area (TPSA) is 87.5 Å². The fourth-order valence-electron chi connectivity index (χ4n) is 1.02. The highest BCUT2D eigenvalue weighted by Crippen LogP contribution is 2.12. The van der Waals surface area contributed by atoms with Crippen molar-refractivity contribution in [3.8, 4) is 0 Å². The van der Waals surface area contributed by atoms with Gasteiger partial charge < -0.3 is 9.47 Å². The molecule has 1 atom stereocenters. The van der Waals surface area contributed by atoms with Crippen LogP contribution in [-0.4, -0.2) is 36.0 Å². The molecule has 0 aliphatic heterocycles. The van der Waals surface area contributed by atoms with Crippen LogP contribution in [0.2, 0.25) is 0 Å². The van der Waals surface area contributed by atoms with Gasteiger partial charge in [0, 0.05) is 6.61 Å². The first-order chi connectivity index (χ1) is 7.81. The van der Waals surface area contributed by atoms with Crippen LogP contribution in [0.1, 0.15) is 34.6 Å². The Bertz CT molecular complexity index is 294. The van der Waals surface area contributed by atoms with Crippen molar-refractivity contribution >= 4 is 6.09 Å². The van der Waals surface area contributed by atoms with Crippen molar-refractivity contribution in [2.45, 2.75) is 46.3 Å². The zero-order chi connectivity index (χ0) is 13.5. The van der Waals surface area contributed by atoms with Gasteiger partial charge in [-0.25, -0.2) is 0 Å². The first-order valence-electron chi connectivity index (χ1n) is 5.46. The second kappa shape index (κ2) is 6.98. The largest absolute Gasteiger partial charge is 0.511 e. The summed E-state index contributed by atoms with van der Waals surface area (Å²) in [6.07, 6.45) is -0.678. The van der Waals surface area contributed by atoms with Crippen molar-refractivity contribution in [3.05, 3.63) is 10.4 Å². The summed E-state index contributed by atoms with van der Waals surface area (Å²) < 4.78 is 10.3. The normalized spacial score (nSPS) is 12.5. The highest BCUT2D eigenvalue weighted by atomic mass is 16.6.